The van der Waals surface area contributed by atoms with Gasteiger partial charge in [-0.25, -0.2) is 10.8 Å². The Morgan fingerprint density at radius 2 is 2.25 bits per heavy atom. The molecule has 1 aromatic rings. The number of pyridine rings is 1. The molecule has 0 aliphatic carbocycles. The van der Waals surface area contributed by atoms with Crippen LogP contribution in [0.15, 0.2) is 23.3 Å². The van der Waals surface area contributed by atoms with Gasteiger partial charge < -0.3 is 17.0 Å². The van der Waals surface area contributed by atoms with Gasteiger partial charge in [0.15, 0.2) is 5.84 Å². The van der Waals surface area contributed by atoms with E-state index >= 15 is 0 Å². The molecule has 6 nitrogen and oxygen atoms in total. The number of rotatable bonds is 1. The van der Waals surface area contributed by atoms with Crippen molar-refractivity contribution in [1.29, 1.82) is 0 Å². The molecular formula is C6H10N6. The molecule has 0 atom stereocenters. The van der Waals surface area contributed by atoms with Gasteiger partial charge in [0.2, 0.25) is 0 Å². The van der Waals surface area contributed by atoms with Crippen molar-refractivity contribution in [2.24, 2.45) is 16.8 Å². The lowest BCUT2D eigenvalue weighted by Gasteiger charge is -2.02. The molecule has 0 bridgehead atoms. The van der Waals surface area contributed by atoms with E-state index in [4.69, 9.17) is 17.4 Å². The summed E-state index contributed by atoms with van der Waals surface area (Å²) in [5.41, 5.74) is 8.25. The first-order valence-corrected chi connectivity index (χ1v) is 3.25. The molecule has 0 saturated heterocycles. The maximum absolute atomic E-state index is 5.43. The number of nitrogen functional groups attached to an aromatic ring is 1. The van der Waals surface area contributed by atoms with Crippen molar-refractivity contribution < 1.29 is 0 Å². The predicted octanol–water partition coefficient (Wildman–Crippen LogP) is -1.25. The van der Waals surface area contributed by atoms with E-state index in [0.717, 1.165) is 0 Å². The van der Waals surface area contributed by atoms with E-state index < -0.39 is 0 Å². The zero-order chi connectivity index (χ0) is 8.97. The molecule has 6 heteroatoms. The minimum Gasteiger partial charge on any atom is -0.384 e. The van der Waals surface area contributed by atoms with Gasteiger partial charge in [-0.3, -0.25) is 0 Å². The monoisotopic (exact) mass is 166 g/mol. The smallest absolute Gasteiger partial charge is 0.185 e. The van der Waals surface area contributed by atoms with E-state index in [1.165, 1.54) is 0 Å². The summed E-state index contributed by atoms with van der Waals surface area (Å²) < 4.78 is 0. The number of nitrogens with zero attached hydrogens (tertiary/aromatic N) is 2. The Kier molecular flexibility index (Phi) is 2.44. The maximum Gasteiger partial charge on any atom is 0.185 e. The quantitative estimate of drug-likeness (QED) is 0.180. The maximum atomic E-state index is 5.43. The summed E-state index contributed by atoms with van der Waals surface area (Å²) in [6, 6.07) is 5.09. The number of aromatic nitrogens is 1. The van der Waals surface area contributed by atoms with E-state index in [2.05, 4.69) is 15.5 Å². The van der Waals surface area contributed by atoms with Crippen LogP contribution in [0.1, 0.15) is 5.69 Å². The fourth-order valence-electron chi connectivity index (χ4n) is 0.761. The van der Waals surface area contributed by atoms with Gasteiger partial charge in [-0.05, 0) is 12.1 Å². The molecule has 0 aliphatic rings. The summed E-state index contributed by atoms with van der Waals surface area (Å²) in [5.74, 6) is 10.8. The van der Waals surface area contributed by atoms with Gasteiger partial charge >= 0.3 is 0 Å². The highest BCUT2D eigenvalue weighted by molar-refractivity contribution is 5.96. The number of hydrogen-bond acceptors (Lipinski definition) is 5. The summed E-state index contributed by atoms with van der Waals surface area (Å²) in [6.07, 6.45) is 0. The molecule has 1 rings (SSSR count). The van der Waals surface area contributed by atoms with Crippen LogP contribution in [0.4, 0.5) is 5.82 Å². The van der Waals surface area contributed by atoms with Crippen LogP contribution in [0.5, 0.6) is 0 Å². The lowest BCUT2D eigenvalue weighted by molar-refractivity contribution is 0.993. The van der Waals surface area contributed by atoms with Crippen LogP contribution in [0.2, 0.25) is 0 Å². The van der Waals surface area contributed by atoms with Crippen molar-refractivity contribution in [3.05, 3.63) is 23.9 Å². The molecule has 0 radical (unpaired) electrons. The number of hydrogen-bond donors (Lipinski definition) is 4. The van der Waals surface area contributed by atoms with Crippen molar-refractivity contribution >= 4 is 11.7 Å². The zero-order valence-corrected chi connectivity index (χ0v) is 6.36. The second-order valence-corrected chi connectivity index (χ2v) is 2.07. The summed E-state index contributed by atoms with van der Waals surface area (Å²) in [4.78, 5) is 3.94. The van der Waals surface area contributed by atoms with Crippen LogP contribution in [0.25, 0.3) is 0 Å². The Labute approximate surface area is 69.4 Å². The van der Waals surface area contributed by atoms with Gasteiger partial charge in [-0.15, -0.1) is 0 Å². The summed E-state index contributed by atoms with van der Waals surface area (Å²) in [6.45, 7) is 0. The van der Waals surface area contributed by atoms with Gasteiger partial charge in [0, 0.05) is 0 Å². The molecule has 0 amide bonds. The number of nitrogens with one attached hydrogen (secondary N) is 1. The molecule has 0 saturated carbocycles. The molecule has 0 aliphatic heterocycles. The molecule has 0 spiro atoms. The van der Waals surface area contributed by atoms with E-state index in [0.29, 0.717) is 17.3 Å². The number of hydrazine groups is 1. The Morgan fingerprint density at radius 3 is 2.75 bits per heavy atom. The average Bonchev–Trinajstić information content (AvgIpc) is 2.07. The molecule has 1 aromatic heterocycles. The number of hydrazone groups is 1. The lowest BCUT2D eigenvalue weighted by Crippen LogP contribution is -2.32. The normalized spacial score (nSPS) is 11.2. The van der Waals surface area contributed by atoms with Crippen LogP contribution in [-0.2, 0) is 0 Å². The molecule has 7 N–H and O–H groups in total. The van der Waals surface area contributed by atoms with Gasteiger partial charge in [-0.2, -0.15) is 5.10 Å². The highest BCUT2D eigenvalue weighted by Crippen LogP contribution is 1.99. The fourth-order valence-corrected chi connectivity index (χ4v) is 0.761. The third-order valence-corrected chi connectivity index (χ3v) is 1.28. The van der Waals surface area contributed by atoms with E-state index in [-0.39, 0.29) is 0 Å². The number of amidine groups is 1. The predicted molar refractivity (Wildman–Crippen MR) is 46.7 cm³/mol. The van der Waals surface area contributed by atoms with Crippen LogP contribution in [-0.4, -0.2) is 10.8 Å². The second kappa shape index (κ2) is 3.54. The molecule has 0 aromatic carbocycles. The standard InChI is InChI=1S/C6H10N6/c7-5-3-1-2-4(10-5)6(11-8)12-9/h1-3H,8-9H2,(H2,7,10)(H,11,12). The van der Waals surface area contributed by atoms with Gasteiger partial charge in [0.25, 0.3) is 0 Å². The van der Waals surface area contributed by atoms with E-state index in [9.17, 15) is 0 Å². The number of anilines is 1. The topological polar surface area (TPSA) is 115 Å². The van der Waals surface area contributed by atoms with E-state index in [1.54, 1.807) is 18.2 Å². The number of nitrogens with two attached hydrogens (primary N) is 3. The van der Waals surface area contributed by atoms with Crippen LogP contribution >= 0.6 is 0 Å². The molecule has 0 fully saturated rings. The minimum absolute atomic E-state index is 0.294. The van der Waals surface area contributed by atoms with Crippen molar-refractivity contribution in [2.75, 3.05) is 5.73 Å². The summed E-state index contributed by atoms with van der Waals surface area (Å²) in [7, 11) is 0. The molecule has 0 unspecified atom stereocenters. The Bertz CT molecular complexity index is 294. The highest BCUT2D eigenvalue weighted by atomic mass is 15.3. The van der Waals surface area contributed by atoms with Crippen LogP contribution in [0, 0.1) is 0 Å². The molecular weight excluding hydrogens is 156 g/mol. The van der Waals surface area contributed by atoms with Crippen LogP contribution < -0.4 is 22.8 Å². The van der Waals surface area contributed by atoms with Gasteiger partial charge in [0.1, 0.15) is 11.5 Å². The first-order valence-electron chi connectivity index (χ1n) is 3.25. The zero-order valence-electron chi connectivity index (χ0n) is 6.36. The fraction of sp³-hybridized carbons (Fsp3) is 0. The Balaban J connectivity index is 3.02. The summed E-state index contributed by atoms with van der Waals surface area (Å²) in [5, 5.41) is 3.38. The molecule has 64 valence electrons. The largest absolute Gasteiger partial charge is 0.384 e. The Hall–Kier alpha value is -1.82. The van der Waals surface area contributed by atoms with Crippen LogP contribution in [0.3, 0.4) is 0 Å². The molecule has 1 heterocycles. The average molecular weight is 166 g/mol. The molecule has 12 heavy (non-hydrogen) atoms. The SMILES string of the molecule is N/N=C(\NN)c1cccc(N)n1. The van der Waals surface area contributed by atoms with Gasteiger partial charge in [0.05, 0.1) is 0 Å². The first kappa shape index (κ1) is 8.28. The Morgan fingerprint density at radius 1 is 1.50 bits per heavy atom. The summed E-state index contributed by atoms with van der Waals surface area (Å²) >= 11 is 0. The lowest BCUT2D eigenvalue weighted by atomic mass is 10.3. The third kappa shape index (κ3) is 1.61. The van der Waals surface area contributed by atoms with E-state index in [1.807, 2.05) is 0 Å². The highest BCUT2D eigenvalue weighted by Gasteiger charge is 2.01. The van der Waals surface area contributed by atoms with Crippen molar-refractivity contribution in [1.82, 2.24) is 10.4 Å². The minimum atomic E-state index is 0.294. The van der Waals surface area contributed by atoms with Crippen molar-refractivity contribution in [3.8, 4) is 0 Å². The third-order valence-electron chi connectivity index (χ3n) is 1.28. The first-order chi connectivity index (χ1) is 5.77. The second-order valence-electron chi connectivity index (χ2n) is 2.07. The van der Waals surface area contributed by atoms with Crippen molar-refractivity contribution in [3.63, 3.8) is 0 Å². The van der Waals surface area contributed by atoms with Gasteiger partial charge in [-0.1, -0.05) is 6.07 Å². The van der Waals surface area contributed by atoms with Crippen molar-refractivity contribution in [2.45, 2.75) is 0 Å².